The van der Waals surface area contributed by atoms with Crippen molar-refractivity contribution in [2.75, 3.05) is 31.5 Å². The van der Waals surface area contributed by atoms with Gasteiger partial charge in [0.15, 0.2) is 0 Å². The second-order valence-corrected chi connectivity index (χ2v) is 5.08. The quantitative estimate of drug-likeness (QED) is 0.819. The molecule has 1 aromatic rings. The molecular formula is C15H23N3O. The number of nitrogens with one attached hydrogen (secondary N) is 2. The van der Waals surface area contributed by atoms with Gasteiger partial charge in [-0.05, 0) is 45.0 Å². The molecule has 1 aromatic carbocycles. The van der Waals surface area contributed by atoms with Crippen LogP contribution in [0.25, 0.3) is 0 Å². The van der Waals surface area contributed by atoms with Gasteiger partial charge in [-0.2, -0.15) is 0 Å². The van der Waals surface area contributed by atoms with Gasteiger partial charge in [0.1, 0.15) is 0 Å². The Morgan fingerprint density at radius 3 is 2.63 bits per heavy atom. The summed E-state index contributed by atoms with van der Waals surface area (Å²) in [6.07, 6.45) is 2.62. The molecule has 1 aliphatic rings. The third-order valence-corrected chi connectivity index (χ3v) is 3.51. The summed E-state index contributed by atoms with van der Waals surface area (Å²) in [4.78, 5) is 14.4. The van der Waals surface area contributed by atoms with Crippen molar-refractivity contribution in [3.05, 3.63) is 30.3 Å². The summed E-state index contributed by atoms with van der Waals surface area (Å²) < 4.78 is 0. The van der Waals surface area contributed by atoms with Gasteiger partial charge in [0.25, 0.3) is 0 Å². The Labute approximate surface area is 115 Å². The molecule has 1 heterocycles. The van der Waals surface area contributed by atoms with Crippen LogP contribution in [0.5, 0.6) is 0 Å². The normalized spacial score (nSPS) is 17.3. The van der Waals surface area contributed by atoms with Crippen molar-refractivity contribution in [3.63, 3.8) is 0 Å². The first-order valence-electron chi connectivity index (χ1n) is 7.07. The van der Waals surface area contributed by atoms with Crippen LogP contribution in [0.3, 0.4) is 0 Å². The minimum atomic E-state index is -0.164. The van der Waals surface area contributed by atoms with Crippen molar-refractivity contribution in [1.82, 2.24) is 10.2 Å². The molecule has 1 unspecified atom stereocenters. The molecule has 1 aliphatic heterocycles. The Morgan fingerprint density at radius 2 is 1.95 bits per heavy atom. The first kappa shape index (κ1) is 14.0. The Morgan fingerprint density at radius 1 is 1.26 bits per heavy atom. The summed E-state index contributed by atoms with van der Waals surface area (Å²) in [7, 11) is 0. The molecule has 0 spiro atoms. The van der Waals surface area contributed by atoms with Gasteiger partial charge >= 0.3 is 0 Å². The maximum absolute atomic E-state index is 12.0. The molecule has 1 fully saturated rings. The third-order valence-electron chi connectivity index (χ3n) is 3.51. The number of likely N-dealkylation sites (tertiary alicyclic amines) is 1. The molecular weight excluding hydrogens is 238 g/mol. The minimum absolute atomic E-state index is 0.0209. The Bertz CT molecular complexity index is 388. The van der Waals surface area contributed by atoms with Crippen molar-refractivity contribution in [1.29, 1.82) is 0 Å². The zero-order valence-corrected chi connectivity index (χ0v) is 11.6. The van der Waals surface area contributed by atoms with E-state index in [1.54, 1.807) is 0 Å². The number of rotatable bonds is 6. The fourth-order valence-corrected chi connectivity index (χ4v) is 2.31. The second-order valence-electron chi connectivity index (χ2n) is 5.08. The van der Waals surface area contributed by atoms with Gasteiger partial charge < -0.3 is 15.5 Å². The number of carbonyl (C=O) groups excluding carboxylic acids is 1. The highest BCUT2D eigenvalue weighted by atomic mass is 16.2. The first-order valence-corrected chi connectivity index (χ1v) is 7.07. The van der Waals surface area contributed by atoms with Gasteiger partial charge in [-0.25, -0.2) is 0 Å². The summed E-state index contributed by atoms with van der Waals surface area (Å²) in [5, 5.41) is 6.18. The van der Waals surface area contributed by atoms with Crippen LogP contribution in [0.2, 0.25) is 0 Å². The molecule has 1 atom stereocenters. The van der Waals surface area contributed by atoms with E-state index < -0.39 is 0 Å². The Kier molecular flexibility index (Phi) is 5.36. The molecule has 4 nitrogen and oxygen atoms in total. The van der Waals surface area contributed by atoms with Crippen molar-refractivity contribution < 1.29 is 4.79 Å². The highest BCUT2D eigenvalue weighted by molar-refractivity contribution is 5.94. The van der Waals surface area contributed by atoms with Crippen LogP contribution < -0.4 is 10.6 Å². The smallest absolute Gasteiger partial charge is 0.241 e. The minimum Gasteiger partial charge on any atom is -0.325 e. The van der Waals surface area contributed by atoms with Gasteiger partial charge in [0.2, 0.25) is 5.91 Å². The monoisotopic (exact) mass is 261 g/mol. The summed E-state index contributed by atoms with van der Waals surface area (Å²) in [5.41, 5.74) is 0.848. The van der Waals surface area contributed by atoms with Gasteiger partial charge in [-0.3, -0.25) is 4.79 Å². The van der Waals surface area contributed by atoms with Crippen molar-refractivity contribution >= 4 is 11.6 Å². The number of para-hydroxylation sites is 1. The van der Waals surface area contributed by atoms with Gasteiger partial charge in [-0.15, -0.1) is 0 Å². The van der Waals surface area contributed by atoms with Gasteiger partial charge in [-0.1, -0.05) is 18.2 Å². The van der Waals surface area contributed by atoms with E-state index >= 15 is 0 Å². The zero-order chi connectivity index (χ0) is 13.5. The highest BCUT2D eigenvalue weighted by Crippen LogP contribution is 2.06. The lowest BCUT2D eigenvalue weighted by Gasteiger charge is -2.18. The van der Waals surface area contributed by atoms with Crippen LogP contribution in [0, 0.1) is 0 Å². The predicted octanol–water partition coefficient (Wildman–Crippen LogP) is 1.70. The van der Waals surface area contributed by atoms with E-state index in [0.717, 1.165) is 18.8 Å². The SMILES string of the molecule is CC(NCCN1CCCC1)C(=O)Nc1ccccc1. The molecule has 0 aliphatic carbocycles. The predicted molar refractivity (Wildman–Crippen MR) is 78.2 cm³/mol. The van der Waals surface area contributed by atoms with E-state index in [-0.39, 0.29) is 11.9 Å². The molecule has 19 heavy (non-hydrogen) atoms. The number of nitrogens with zero attached hydrogens (tertiary/aromatic N) is 1. The van der Waals surface area contributed by atoms with Crippen LogP contribution in [0.1, 0.15) is 19.8 Å². The molecule has 2 rings (SSSR count). The fraction of sp³-hybridized carbons (Fsp3) is 0.533. The van der Waals surface area contributed by atoms with Gasteiger partial charge in [0.05, 0.1) is 6.04 Å². The molecule has 1 amide bonds. The average molecular weight is 261 g/mol. The Hall–Kier alpha value is -1.39. The molecule has 2 N–H and O–H groups in total. The average Bonchev–Trinajstić information content (AvgIpc) is 2.93. The Balaban J connectivity index is 1.67. The lowest BCUT2D eigenvalue weighted by molar-refractivity contribution is -0.117. The summed E-state index contributed by atoms with van der Waals surface area (Å²) >= 11 is 0. The molecule has 104 valence electrons. The van der Waals surface area contributed by atoms with Crippen molar-refractivity contribution in [2.45, 2.75) is 25.8 Å². The van der Waals surface area contributed by atoms with E-state index in [9.17, 15) is 4.79 Å². The molecule has 0 bridgehead atoms. The number of amides is 1. The highest BCUT2D eigenvalue weighted by Gasteiger charge is 2.14. The zero-order valence-electron chi connectivity index (χ0n) is 11.6. The number of carbonyl (C=O) groups is 1. The van der Waals surface area contributed by atoms with Crippen LogP contribution in [-0.4, -0.2) is 43.0 Å². The van der Waals surface area contributed by atoms with E-state index in [2.05, 4.69) is 15.5 Å². The van der Waals surface area contributed by atoms with E-state index in [0.29, 0.717) is 0 Å². The summed E-state index contributed by atoms with van der Waals surface area (Å²) in [5.74, 6) is 0.0209. The molecule has 0 saturated carbocycles. The summed E-state index contributed by atoms with van der Waals surface area (Å²) in [6, 6.07) is 9.40. The molecule has 4 heteroatoms. The van der Waals surface area contributed by atoms with E-state index in [1.807, 2.05) is 37.3 Å². The number of hydrogen-bond acceptors (Lipinski definition) is 3. The maximum atomic E-state index is 12.0. The van der Waals surface area contributed by atoms with E-state index in [1.165, 1.54) is 25.9 Å². The summed E-state index contributed by atoms with van der Waals surface area (Å²) in [6.45, 7) is 6.20. The largest absolute Gasteiger partial charge is 0.325 e. The van der Waals surface area contributed by atoms with Crippen LogP contribution in [0.4, 0.5) is 5.69 Å². The van der Waals surface area contributed by atoms with E-state index in [4.69, 9.17) is 0 Å². The lowest BCUT2D eigenvalue weighted by atomic mass is 10.2. The standard InChI is InChI=1S/C15H23N3O/c1-13(16-9-12-18-10-5-6-11-18)15(19)17-14-7-3-2-4-8-14/h2-4,7-8,13,16H,5-6,9-12H2,1H3,(H,17,19). The maximum Gasteiger partial charge on any atom is 0.241 e. The first-order chi connectivity index (χ1) is 9.25. The van der Waals surface area contributed by atoms with Gasteiger partial charge in [0, 0.05) is 18.8 Å². The fourth-order valence-electron chi connectivity index (χ4n) is 2.31. The van der Waals surface area contributed by atoms with Crippen molar-refractivity contribution in [3.8, 4) is 0 Å². The molecule has 0 radical (unpaired) electrons. The topological polar surface area (TPSA) is 44.4 Å². The second kappa shape index (κ2) is 7.26. The van der Waals surface area contributed by atoms with Crippen LogP contribution in [-0.2, 0) is 4.79 Å². The van der Waals surface area contributed by atoms with Crippen LogP contribution in [0.15, 0.2) is 30.3 Å². The number of anilines is 1. The lowest BCUT2D eigenvalue weighted by Crippen LogP contribution is -2.41. The number of hydrogen-bond donors (Lipinski definition) is 2. The van der Waals surface area contributed by atoms with Crippen LogP contribution >= 0.6 is 0 Å². The number of benzene rings is 1. The third kappa shape index (κ3) is 4.65. The van der Waals surface area contributed by atoms with Crippen molar-refractivity contribution in [2.24, 2.45) is 0 Å². The molecule has 0 aromatic heterocycles. The molecule has 1 saturated heterocycles.